The summed E-state index contributed by atoms with van der Waals surface area (Å²) in [6.45, 7) is 4.19. The molecule has 1 unspecified atom stereocenters. The van der Waals surface area contributed by atoms with E-state index in [4.69, 9.17) is 5.73 Å². The van der Waals surface area contributed by atoms with Gasteiger partial charge < -0.3 is 11.1 Å². The molecule has 0 bridgehead atoms. The Bertz CT molecular complexity index is 296. The topological polar surface area (TPSA) is 38.0 Å². The molecule has 0 aliphatic rings. The molecule has 0 saturated heterocycles. The average Bonchev–Trinajstić information content (AvgIpc) is 2.34. The zero-order valence-electron chi connectivity index (χ0n) is 10.9. The molecule has 1 aromatic carbocycles. The van der Waals surface area contributed by atoms with Gasteiger partial charge in [0.2, 0.25) is 0 Å². The first-order valence-corrected chi connectivity index (χ1v) is 7.54. The van der Waals surface area contributed by atoms with Crippen molar-refractivity contribution in [3.8, 4) is 0 Å². The Morgan fingerprint density at radius 2 is 1.94 bits per heavy atom. The van der Waals surface area contributed by atoms with Gasteiger partial charge in [0.05, 0.1) is 0 Å². The molecule has 0 aliphatic heterocycles. The van der Waals surface area contributed by atoms with Gasteiger partial charge in [-0.1, -0.05) is 12.1 Å². The van der Waals surface area contributed by atoms with Crippen LogP contribution in [0.1, 0.15) is 25.3 Å². The highest BCUT2D eigenvalue weighted by atomic mass is 32.2. The lowest BCUT2D eigenvalue weighted by atomic mass is 10.1. The molecule has 0 spiro atoms. The normalized spacial score (nSPS) is 12.6. The third-order valence-corrected chi connectivity index (χ3v) is 3.51. The van der Waals surface area contributed by atoms with Crippen molar-refractivity contribution in [3.05, 3.63) is 29.8 Å². The Morgan fingerprint density at radius 1 is 1.24 bits per heavy atom. The van der Waals surface area contributed by atoms with Crippen LogP contribution in [0.3, 0.4) is 0 Å². The second-order valence-corrected chi connectivity index (χ2v) is 5.35. The standard InChI is InChI=1S/C14H24N2S/c1-12(15)4-3-10-16-11-9-13-5-7-14(17-2)8-6-13/h5-8,12,16H,3-4,9-11,15H2,1-2H3. The van der Waals surface area contributed by atoms with Crippen molar-refractivity contribution in [1.29, 1.82) is 0 Å². The highest BCUT2D eigenvalue weighted by molar-refractivity contribution is 7.98. The predicted molar refractivity (Wildman–Crippen MR) is 77.7 cm³/mol. The van der Waals surface area contributed by atoms with E-state index in [1.54, 1.807) is 11.8 Å². The van der Waals surface area contributed by atoms with E-state index < -0.39 is 0 Å². The highest BCUT2D eigenvalue weighted by Gasteiger charge is 1.96. The van der Waals surface area contributed by atoms with Crippen LogP contribution >= 0.6 is 11.8 Å². The fourth-order valence-corrected chi connectivity index (χ4v) is 2.11. The Hall–Kier alpha value is -0.510. The second-order valence-electron chi connectivity index (χ2n) is 4.47. The molecule has 2 nitrogen and oxygen atoms in total. The van der Waals surface area contributed by atoms with Crippen LogP contribution in [0, 0.1) is 0 Å². The third kappa shape index (κ3) is 6.71. The van der Waals surface area contributed by atoms with E-state index in [1.165, 1.54) is 16.9 Å². The summed E-state index contributed by atoms with van der Waals surface area (Å²) in [6, 6.07) is 9.15. The maximum Gasteiger partial charge on any atom is 0.00693 e. The molecule has 17 heavy (non-hydrogen) atoms. The fourth-order valence-electron chi connectivity index (χ4n) is 1.70. The Kier molecular flexibility index (Phi) is 7.33. The first-order valence-electron chi connectivity index (χ1n) is 6.31. The van der Waals surface area contributed by atoms with Crippen molar-refractivity contribution >= 4 is 11.8 Å². The molecule has 0 fully saturated rings. The van der Waals surface area contributed by atoms with Gasteiger partial charge in [-0.3, -0.25) is 0 Å². The molecule has 1 atom stereocenters. The lowest BCUT2D eigenvalue weighted by Gasteiger charge is -2.07. The van der Waals surface area contributed by atoms with Crippen LogP contribution in [0.25, 0.3) is 0 Å². The van der Waals surface area contributed by atoms with Gasteiger partial charge in [-0.25, -0.2) is 0 Å². The maximum absolute atomic E-state index is 5.70. The van der Waals surface area contributed by atoms with Crippen molar-refractivity contribution < 1.29 is 0 Å². The molecule has 3 N–H and O–H groups in total. The number of benzene rings is 1. The molecule has 0 heterocycles. The number of nitrogens with one attached hydrogen (secondary N) is 1. The van der Waals surface area contributed by atoms with Gasteiger partial charge >= 0.3 is 0 Å². The molecular formula is C14H24N2S. The number of thioether (sulfide) groups is 1. The zero-order valence-corrected chi connectivity index (χ0v) is 11.7. The molecule has 0 aliphatic carbocycles. The summed E-state index contributed by atoms with van der Waals surface area (Å²) in [5.41, 5.74) is 7.10. The van der Waals surface area contributed by atoms with E-state index in [-0.39, 0.29) is 0 Å². The average molecular weight is 252 g/mol. The van der Waals surface area contributed by atoms with E-state index in [0.29, 0.717) is 6.04 Å². The molecule has 1 rings (SSSR count). The minimum Gasteiger partial charge on any atom is -0.328 e. The van der Waals surface area contributed by atoms with Gasteiger partial charge in [-0.2, -0.15) is 0 Å². The third-order valence-electron chi connectivity index (χ3n) is 2.76. The summed E-state index contributed by atoms with van der Waals surface area (Å²) in [4.78, 5) is 1.33. The van der Waals surface area contributed by atoms with Crippen LogP contribution in [0.4, 0.5) is 0 Å². The first kappa shape index (κ1) is 14.6. The van der Waals surface area contributed by atoms with E-state index in [0.717, 1.165) is 25.9 Å². The van der Waals surface area contributed by atoms with Gasteiger partial charge in [-0.05, 0) is 63.2 Å². The minimum absolute atomic E-state index is 0.330. The smallest absolute Gasteiger partial charge is 0.00693 e. The van der Waals surface area contributed by atoms with Gasteiger partial charge in [0.1, 0.15) is 0 Å². The molecule has 1 aromatic rings. The van der Waals surface area contributed by atoms with Crippen molar-refractivity contribution in [3.63, 3.8) is 0 Å². The zero-order chi connectivity index (χ0) is 12.5. The maximum atomic E-state index is 5.70. The summed E-state index contributed by atoms with van der Waals surface area (Å²) in [6.07, 6.45) is 5.49. The first-order chi connectivity index (χ1) is 8.22. The molecule has 0 radical (unpaired) electrons. The van der Waals surface area contributed by atoms with Crippen LogP contribution in [0.2, 0.25) is 0 Å². The Balaban J connectivity index is 2.09. The van der Waals surface area contributed by atoms with Crippen molar-refractivity contribution in [1.82, 2.24) is 5.32 Å². The van der Waals surface area contributed by atoms with Gasteiger partial charge in [0.15, 0.2) is 0 Å². The van der Waals surface area contributed by atoms with E-state index >= 15 is 0 Å². The van der Waals surface area contributed by atoms with Crippen molar-refractivity contribution in [2.24, 2.45) is 5.73 Å². The number of hydrogen-bond donors (Lipinski definition) is 2. The van der Waals surface area contributed by atoms with Gasteiger partial charge in [0.25, 0.3) is 0 Å². The number of rotatable bonds is 8. The molecule has 0 aromatic heterocycles. The van der Waals surface area contributed by atoms with E-state index in [1.807, 2.05) is 0 Å². The Morgan fingerprint density at radius 3 is 2.53 bits per heavy atom. The molecule has 96 valence electrons. The van der Waals surface area contributed by atoms with E-state index in [9.17, 15) is 0 Å². The lowest BCUT2D eigenvalue weighted by molar-refractivity contribution is 0.575. The molecule has 0 amide bonds. The highest BCUT2D eigenvalue weighted by Crippen LogP contribution is 2.14. The fraction of sp³-hybridized carbons (Fsp3) is 0.571. The summed E-state index contributed by atoms with van der Waals surface area (Å²) in [7, 11) is 0. The predicted octanol–water partition coefficient (Wildman–Crippen LogP) is 2.67. The van der Waals surface area contributed by atoms with Crippen LogP contribution in [0.5, 0.6) is 0 Å². The quantitative estimate of drug-likeness (QED) is 0.552. The Labute approximate surface area is 109 Å². The monoisotopic (exact) mass is 252 g/mol. The molecular weight excluding hydrogens is 228 g/mol. The van der Waals surface area contributed by atoms with Crippen LogP contribution in [-0.4, -0.2) is 25.4 Å². The largest absolute Gasteiger partial charge is 0.328 e. The lowest BCUT2D eigenvalue weighted by Crippen LogP contribution is -2.21. The number of hydrogen-bond acceptors (Lipinski definition) is 3. The van der Waals surface area contributed by atoms with Crippen LogP contribution in [0.15, 0.2) is 29.2 Å². The molecule has 0 saturated carbocycles. The van der Waals surface area contributed by atoms with E-state index in [2.05, 4.69) is 42.8 Å². The van der Waals surface area contributed by atoms with Crippen molar-refractivity contribution in [2.45, 2.75) is 37.1 Å². The molecule has 3 heteroatoms. The number of nitrogens with two attached hydrogens (primary N) is 1. The van der Waals surface area contributed by atoms with Gasteiger partial charge in [-0.15, -0.1) is 11.8 Å². The minimum atomic E-state index is 0.330. The van der Waals surface area contributed by atoms with Crippen molar-refractivity contribution in [2.75, 3.05) is 19.3 Å². The van der Waals surface area contributed by atoms with Gasteiger partial charge in [0, 0.05) is 10.9 Å². The summed E-state index contributed by atoms with van der Waals surface area (Å²) < 4.78 is 0. The van der Waals surface area contributed by atoms with Crippen LogP contribution < -0.4 is 11.1 Å². The van der Waals surface area contributed by atoms with Crippen LogP contribution in [-0.2, 0) is 6.42 Å². The summed E-state index contributed by atoms with van der Waals surface area (Å²) >= 11 is 1.79. The summed E-state index contributed by atoms with van der Waals surface area (Å²) in [5, 5.41) is 3.46. The SMILES string of the molecule is CSc1ccc(CCNCCCC(C)N)cc1. The summed E-state index contributed by atoms with van der Waals surface area (Å²) in [5.74, 6) is 0. The second kappa shape index (κ2) is 8.56.